The zero-order chi connectivity index (χ0) is 25.8. The van der Waals surface area contributed by atoms with Crippen LogP contribution in [0.3, 0.4) is 0 Å². The van der Waals surface area contributed by atoms with Gasteiger partial charge in [0.25, 0.3) is 0 Å². The molecule has 0 atom stereocenters. The summed E-state index contributed by atoms with van der Waals surface area (Å²) in [6.07, 6.45) is -3.64. The van der Waals surface area contributed by atoms with Crippen molar-refractivity contribution in [3.63, 3.8) is 0 Å². The molecule has 1 aliphatic heterocycles. The maximum Gasteiger partial charge on any atom is 0.417 e. The number of benzene rings is 2. The van der Waals surface area contributed by atoms with Crippen molar-refractivity contribution in [3.05, 3.63) is 53.6 Å². The topological polar surface area (TPSA) is 65.1 Å². The third-order valence-electron chi connectivity index (χ3n) is 5.64. The van der Waals surface area contributed by atoms with Crippen LogP contribution in [0.2, 0.25) is 0 Å². The number of rotatable bonds is 5. The first kappa shape index (κ1) is 26.4. The lowest BCUT2D eigenvalue weighted by atomic mass is 9.97. The predicted molar refractivity (Wildman–Crippen MR) is 124 cm³/mol. The molecule has 0 radical (unpaired) electrons. The Bertz CT molecular complexity index is 1050. The Hall–Kier alpha value is -3.23. The third-order valence-corrected chi connectivity index (χ3v) is 5.64. The van der Waals surface area contributed by atoms with Crippen molar-refractivity contribution in [1.29, 1.82) is 0 Å². The fourth-order valence-corrected chi connectivity index (χ4v) is 3.85. The Morgan fingerprint density at radius 2 is 1.71 bits per heavy atom. The number of ether oxygens (including phenoxy) is 3. The molecule has 2 aromatic rings. The average Bonchev–Trinajstić information content (AvgIpc) is 2.81. The summed E-state index contributed by atoms with van der Waals surface area (Å²) in [6, 6.07) is 9.69. The van der Waals surface area contributed by atoms with Gasteiger partial charge in [0.15, 0.2) is 0 Å². The van der Waals surface area contributed by atoms with Crippen molar-refractivity contribution in [2.24, 2.45) is 5.92 Å². The first-order valence-corrected chi connectivity index (χ1v) is 11.4. The number of hydrogen-bond donors (Lipinski definition) is 0. The molecule has 35 heavy (non-hydrogen) atoms. The number of methoxy groups -OCH3 is 1. The zero-order valence-electron chi connectivity index (χ0n) is 20.3. The number of piperidine rings is 1. The molecule has 0 aromatic heterocycles. The molecular weight excluding hydrogens is 463 g/mol. The lowest BCUT2D eigenvalue weighted by Gasteiger charge is -2.33. The Kier molecular flexibility index (Phi) is 7.97. The van der Waals surface area contributed by atoms with E-state index in [1.54, 1.807) is 4.90 Å². The Morgan fingerprint density at radius 1 is 1.03 bits per heavy atom. The summed E-state index contributed by atoms with van der Waals surface area (Å²) in [7, 11) is 1.21. The van der Waals surface area contributed by atoms with E-state index >= 15 is 0 Å². The van der Waals surface area contributed by atoms with Gasteiger partial charge in [0.2, 0.25) is 0 Å². The van der Waals surface area contributed by atoms with Crippen LogP contribution in [0.5, 0.6) is 5.75 Å². The summed E-state index contributed by atoms with van der Waals surface area (Å²) in [6.45, 7) is 6.68. The van der Waals surface area contributed by atoms with Gasteiger partial charge in [-0.3, -0.25) is 0 Å². The van der Waals surface area contributed by atoms with Crippen molar-refractivity contribution in [2.75, 3.05) is 26.8 Å². The van der Waals surface area contributed by atoms with Crippen molar-refractivity contribution in [3.8, 4) is 16.9 Å². The zero-order valence-corrected chi connectivity index (χ0v) is 20.3. The van der Waals surface area contributed by atoms with Crippen LogP contribution >= 0.6 is 0 Å². The fourth-order valence-electron chi connectivity index (χ4n) is 3.85. The Balaban J connectivity index is 1.68. The highest BCUT2D eigenvalue weighted by atomic mass is 19.4. The van der Waals surface area contributed by atoms with Crippen molar-refractivity contribution >= 4 is 12.1 Å². The van der Waals surface area contributed by atoms with E-state index in [2.05, 4.69) is 4.74 Å². The maximum atomic E-state index is 13.9. The molecule has 1 aliphatic rings. The van der Waals surface area contributed by atoms with Crippen LogP contribution in [-0.2, 0) is 15.7 Å². The van der Waals surface area contributed by atoms with Crippen LogP contribution in [0.15, 0.2) is 42.5 Å². The molecule has 0 aliphatic carbocycles. The lowest BCUT2D eigenvalue weighted by Crippen LogP contribution is -2.42. The molecule has 3 rings (SSSR count). The Morgan fingerprint density at radius 3 is 2.31 bits per heavy atom. The average molecular weight is 494 g/mol. The van der Waals surface area contributed by atoms with Gasteiger partial charge in [-0.25, -0.2) is 9.59 Å². The maximum absolute atomic E-state index is 13.9. The van der Waals surface area contributed by atoms with Crippen LogP contribution in [-0.4, -0.2) is 49.4 Å². The normalized spacial score (nSPS) is 15.0. The van der Waals surface area contributed by atoms with E-state index in [0.29, 0.717) is 25.9 Å². The largest absolute Gasteiger partial charge is 0.493 e. The molecule has 0 spiro atoms. The fraction of sp³-hybridized carbons (Fsp3) is 0.462. The second-order valence-electron chi connectivity index (χ2n) is 9.50. The smallest absolute Gasteiger partial charge is 0.417 e. The van der Waals surface area contributed by atoms with Crippen LogP contribution < -0.4 is 4.74 Å². The number of likely N-dealkylation sites (tertiary alicyclic amines) is 1. The van der Waals surface area contributed by atoms with E-state index in [1.165, 1.54) is 43.5 Å². The van der Waals surface area contributed by atoms with E-state index in [4.69, 9.17) is 9.47 Å². The highest BCUT2D eigenvalue weighted by Crippen LogP contribution is 2.39. The van der Waals surface area contributed by atoms with E-state index in [1.807, 2.05) is 20.8 Å². The van der Waals surface area contributed by atoms with Gasteiger partial charge in [-0.05, 0) is 74.9 Å². The molecule has 0 bridgehead atoms. The number of alkyl halides is 3. The first-order valence-electron chi connectivity index (χ1n) is 11.4. The quantitative estimate of drug-likeness (QED) is 0.465. The van der Waals surface area contributed by atoms with Crippen LogP contribution in [0, 0.1) is 5.92 Å². The highest BCUT2D eigenvalue weighted by molar-refractivity contribution is 5.91. The lowest BCUT2D eigenvalue weighted by molar-refractivity contribution is -0.137. The minimum atomic E-state index is -4.62. The van der Waals surface area contributed by atoms with Crippen molar-refractivity contribution in [2.45, 2.75) is 45.4 Å². The monoisotopic (exact) mass is 493 g/mol. The summed E-state index contributed by atoms with van der Waals surface area (Å²) in [5, 5.41) is 0. The first-order chi connectivity index (χ1) is 16.4. The van der Waals surface area contributed by atoms with Gasteiger partial charge in [-0.2, -0.15) is 13.2 Å². The van der Waals surface area contributed by atoms with Gasteiger partial charge in [-0.15, -0.1) is 0 Å². The number of amides is 1. The van der Waals surface area contributed by atoms with Gasteiger partial charge >= 0.3 is 18.2 Å². The molecule has 9 heteroatoms. The number of carbonyl (C=O) groups is 2. The molecule has 2 aromatic carbocycles. The standard InChI is InChI=1S/C26H30F3NO5/c1-25(2,3)35-24(32)30-12-10-17(11-13-30)16-34-20-8-9-21(22(15-20)26(27,28)29)18-6-5-7-19(14-18)23(31)33-4/h5-9,14-15,17H,10-13,16H2,1-4H3. The van der Waals surface area contributed by atoms with Gasteiger partial charge in [-0.1, -0.05) is 18.2 Å². The minimum Gasteiger partial charge on any atom is -0.493 e. The van der Waals surface area contributed by atoms with Crippen LogP contribution in [0.25, 0.3) is 11.1 Å². The summed E-state index contributed by atoms with van der Waals surface area (Å²) in [4.78, 5) is 25.6. The summed E-state index contributed by atoms with van der Waals surface area (Å²) >= 11 is 0. The van der Waals surface area contributed by atoms with Gasteiger partial charge in [0.05, 0.1) is 24.8 Å². The number of halogens is 3. The Labute approximate surface area is 203 Å². The summed E-state index contributed by atoms with van der Waals surface area (Å²) in [5.41, 5.74) is -1.06. The number of nitrogens with zero attached hydrogens (tertiary/aromatic N) is 1. The molecule has 190 valence electrons. The van der Waals surface area contributed by atoms with Crippen molar-refractivity contribution in [1.82, 2.24) is 4.90 Å². The molecule has 0 saturated carbocycles. The summed E-state index contributed by atoms with van der Waals surface area (Å²) < 4.78 is 57.4. The number of carbonyl (C=O) groups excluding carboxylic acids is 2. The molecule has 0 unspecified atom stereocenters. The molecule has 0 N–H and O–H groups in total. The molecule has 1 fully saturated rings. The van der Waals surface area contributed by atoms with Crippen LogP contribution in [0.1, 0.15) is 49.5 Å². The van der Waals surface area contributed by atoms with Gasteiger partial charge < -0.3 is 19.1 Å². The van der Waals surface area contributed by atoms with E-state index in [9.17, 15) is 22.8 Å². The van der Waals surface area contributed by atoms with E-state index in [0.717, 1.165) is 6.07 Å². The van der Waals surface area contributed by atoms with E-state index < -0.39 is 23.3 Å². The minimum absolute atomic E-state index is 0.0544. The number of hydrogen-bond acceptors (Lipinski definition) is 5. The van der Waals surface area contributed by atoms with Gasteiger partial charge in [0.1, 0.15) is 11.4 Å². The molecular formula is C26H30F3NO5. The second kappa shape index (κ2) is 10.6. The molecule has 6 nitrogen and oxygen atoms in total. The molecule has 1 heterocycles. The summed E-state index contributed by atoms with van der Waals surface area (Å²) in [5.74, 6) is -0.405. The van der Waals surface area contributed by atoms with Gasteiger partial charge in [0, 0.05) is 13.1 Å². The predicted octanol–water partition coefficient (Wildman–Crippen LogP) is 6.18. The SMILES string of the molecule is COC(=O)c1cccc(-c2ccc(OCC3CCN(C(=O)OC(C)(C)C)CC3)cc2C(F)(F)F)c1. The third kappa shape index (κ3) is 7.13. The second-order valence-corrected chi connectivity index (χ2v) is 9.50. The number of esters is 1. The van der Waals surface area contributed by atoms with Crippen LogP contribution in [0.4, 0.5) is 18.0 Å². The van der Waals surface area contributed by atoms with Crippen molar-refractivity contribution < 1.29 is 37.0 Å². The molecule has 1 amide bonds. The highest BCUT2D eigenvalue weighted by Gasteiger charge is 2.34. The molecule has 1 saturated heterocycles. The van der Waals surface area contributed by atoms with E-state index in [-0.39, 0.29) is 41.1 Å².